The van der Waals surface area contributed by atoms with Crippen molar-refractivity contribution in [2.75, 3.05) is 20.0 Å². The second-order valence-electron chi connectivity index (χ2n) is 4.81. The summed E-state index contributed by atoms with van der Waals surface area (Å²) in [7, 11) is 3.17. The number of amides is 1. The fourth-order valence-corrected chi connectivity index (χ4v) is 2.81. The number of thioether (sulfide) groups is 1. The van der Waals surface area contributed by atoms with Crippen LogP contribution in [0.1, 0.15) is 12.0 Å². The van der Waals surface area contributed by atoms with Crippen molar-refractivity contribution in [2.45, 2.75) is 11.3 Å². The molecule has 0 aromatic heterocycles. The highest BCUT2D eigenvalue weighted by Crippen LogP contribution is 2.23. The summed E-state index contributed by atoms with van der Waals surface area (Å²) in [5, 5.41) is 3.98. The van der Waals surface area contributed by atoms with Crippen molar-refractivity contribution in [3.63, 3.8) is 0 Å². The first-order chi connectivity index (χ1) is 11.7. The molecule has 0 radical (unpaired) electrons. The molecule has 0 atom stereocenters. The molecule has 0 bridgehead atoms. The number of nitrogens with one attached hydrogen (secondary N) is 1. The maximum absolute atomic E-state index is 11.8. The van der Waals surface area contributed by atoms with Crippen LogP contribution in [0.3, 0.4) is 0 Å². The highest BCUT2D eigenvalue weighted by atomic mass is 32.2. The molecule has 0 fully saturated rings. The standard InChI is InChI=1S/C18H20N2O3S/c1-22-15-9-8-14(17(12-15)23-2)13-19-20-18(21)10-11-24-16-6-4-3-5-7-16/h3-9,12-13H,10-11H2,1-2H3,(H,20,21)/b19-13-. The lowest BCUT2D eigenvalue weighted by atomic mass is 10.2. The molecule has 1 amide bonds. The number of hydrazone groups is 1. The van der Waals surface area contributed by atoms with E-state index in [2.05, 4.69) is 10.5 Å². The number of nitrogens with zero attached hydrogens (tertiary/aromatic N) is 1. The second kappa shape index (κ2) is 9.62. The topological polar surface area (TPSA) is 59.9 Å². The van der Waals surface area contributed by atoms with Crippen LogP contribution in [0.15, 0.2) is 58.5 Å². The molecule has 0 aliphatic heterocycles. The van der Waals surface area contributed by atoms with Crippen LogP contribution in [0.5, 0.6) is 11.5 Å². The van der Waals surface area contributed by atoms with Crippen molar-refractivity contribution in [3.8, 4) is 11.5 Å². The number of benzene rings is 2. The molecule has 2 aromatic rings. The lowest BCUT2D eigenvalue weighted by Gasteiger charge is -2.07. The van der Waals surface area contributed by atoms with Gasteiger partial charge in [-0.1, -0.05) is 18.2 Å². The minimum atomic E-state index is -0.123. The molecule has 2 aromatic carbocycles. The van der Waals surface area contributed by atoms with E-state index in [-0.39, 0.29) is 5.91 Å². The molecular formula is C18H20N2O3S. The Morgan fingerprint density at radius 2 is 1.96 bits per heavy atom. The van der Waals surface area contributed by atoms with Crippen LogP contribution in [0, 0.1) is 0 Å². The molecular weight excluding hydrogens is 324 g/mol. The third kappa shape index (κ3) is 5.62. The van der Waals surface area contributed by atoms with Crippen LogP contribution >= 0.6 is 11.8 Å². The first-order valence-corrected chi connectivity index (χ1v) is 8.43. The first kappa shape index (κ1) is 17.9. The van der Waals surface area contributed by atoms with Gasteiger partial charge in [-0.2, -0.15) is 5.10 Å². The zero-order valence-electron chi connectivity index (χ0n) is 13.7. The highest BCUT2D eigenvalue weighted by molar-refractivity contribution is 7.99. The van der Waals surface area contributed by atoms with E-state index in [0.29, 0.717) is 23.7 Å². The van der Waals surface area contributed by atoms with E-state index in [0.717, 1.165) is 10.5 Å². The van der Waals surface area contributed by atoms with Gasteiger partial charge < -0.3 is 9.47 Å². The Bertz CT molecular complexity index is 690. The van der Waals surface area contributed by atoms with Crippen LogP contribution in [0.25, 0.3) is 0 Å². The third-order valence-electron chi connectivity index (χ3n) is 3.17. The summed E-state index contributed by atoms with van der Waals surface area (Å²) in [6.45, 7) is 0. The summed E-state index contributed by atoms with van der Waals surface area (Å²) in [6, 6.07) is 15.4. The molecule has 126 valence electrons. The van der Waals surface area contributed by atoms with Gasteiger partial charge in [0, 0.05) is 28.7 Å². The van der Waals surface area contributed by atoms with Crippen molar-refractivity contribution >= 4 is 23.9 Å². The maximum Gasteiger partial charge on any atom is 0.240 e. The van der Waals surface area contributed by atoms with Gasteiger partial charge in [0.25, 0.3) is 0 Å². The van der Waals surface area contributed by atoms with Crippen LogP contribution < -0.4 is 14.9 Å². The summed E-state index contributed by atoms with van der Waals surface area (Å²) >= 11 is 1.64. The molecule has 0 heterocycles. The summed E-state index contributed by atoms with van der Waals surface area (Å²) < 4.78 is 10.4. The Kier molecular flexibility index (Phi) is 7.17. The molecule has 0 aliphatic rings. The number of carbonyl (C=O) groups excluding carboxylic acids is 1. The van der Waals surface area contributed by atoms with E-state index < -0.39 is 0 Å². The van der Waals surface area contributed by atoms with Gasteiger partial charge >= 0.3 is 0 Å². The van der Waals surface area contributed by atoms with Gasteiger partial charge in [0.2, 0.25) is 5.91 Å². The van der Waals surface area contributed by atoms with Crippen LogP contribution in [-0.2, 0) is 4.79 Å². The summed E-state index contributed by atoms with van der Waals surface area (Å²) in [4.78, 5) is 12.9. The lowest BCUT2D eigenvalue weighted by Crippen LogP contribution is -2.17. The van der Waals surface area contributed by atoms with E-state index in [1.807, 2.05) is 42.5 Å². The fourth-order valence-electron chi connectivity index (χ4n) is 1.93. The zero-order valence-corrected chi connectivity index (χ0v) is 14.5. The smallest absolute Gasteiger partial charge is 0.240 e. The Labute approximate surface area is 146 Å². The molecule has 0 spiro atoms. The van der Waals surface area contributed by atoms with E-state index in [1.54, 1.807) is 38.3 Å². The quantitative estimate of drug-likeness (QED) is 0.453. The molecule has 0 aliphatic carbocycles. The van der Waals surface area contributed by atoms with E-state index in [1.165, 1.54) is 0 Å². The molecule has 0 unspecified atom stereocenters. The Balaban J connectivity index is 1.79. The zero-order chi connectivity index (χ0) is 17.2. The summed E-state index contributed by atoms with van der Waals surface area (Å²) in [5.41, 5.74) is 3.29. The normalized spacial score (nSPS) is 10.6. The summed E-state index contributed by atoms with van der Waals surface area (Å²) in [6.07, 6.45) is 1.96. The molecule has 24 heavy (non-hydrogen) atoms. The summed E-state index contributed by atoms with van der Waals surface area (Å²) in [5.74, 6) is 1.91. The minimum Gasteiger partial charge on any atom is -0.497 e. The number of ether oxygens (including phenoxy) is 2. The van der Waals surface area contributed by atoms with Crippen molar-refractivity contribution < 1.29 is 14.3 Å². The third-order valence-corrected chi connectivity index (χ3v) is 4.19. The van der Waals surface area contributed by atoms with Gasteiger partial charge in [0.05, 0.1) is 20.4 Å². The molecule has 2 rings (SSSR count). The Morgan fingerprint density at radius 1 is 1.17 bits per heavy atom. The monoisotopic (exact) mass is 344 g/mol. The average Bonchev–Trinajstić information content (AvgIpc) is 2.62. The van der Waals surface area contributed by atoms with E-state index in [4.69, 9.17) is 9.47 Å². The first-order valence-electron chi connectivity index (χ1n) is 7.44. The van der Waals surface area contributed by atoms with Crippen molar-refractivity contribution in [1.82, 2.24) is 5.43 Å². The number of methoxy groups -OCH3 is 2. The SMILES string of the molecule is COc1ccc(/C=N\NC(=O)CCSc2ccccc2)c(OC)c1. The molecule has 0 saturated heterocycles. The maximum atomic E-state index is 11.8. The molecule has 5 nitrogen and oxygen atoms in total. The van der Waals surface area contributed by atoms with Crippen molar-refractivity contribution in [2.24, 2.45) is 5.10 Å². The predicted octanol–water partition coefficient (Wildman–Crippen LogP) is 3.34. The van der Waals surface area contributed by atoms with E-state index in [9.17, 15) is 4.79 Å². The van der Waals surface area contributed by atoms with Crippen molar-refractivity contribution in [1.29, 1.82) is 0 Å². The second-order valence-corrected chi connectivity index (χ2v) is 5.98. The number of hydrogen-bond acceptors (Lipinski definition) is 5. The van der Waals surface area contributed by atoms with E-state index >= 15 is 0 Å². The van der Waals surface area contributed by atoms with Crippen LogP contribution in [-0.4, -0.2) is 32.1 Å². The fraction of sp³-hybridized carbons (Fsp3) is 0.222. The van der Waals surface area contributed by atoms with Crippen LogP contribution in [0.2, 0.25) is 0 Å². The Morgan fingerprint density at radius 3 is 2.67 bits per heavy atom. The lowest BCUT2D eigenvalue weighted by molar-refractivity contribution is -0.120. The number of rotatable bonds is 8. The van der Waals surface area contributed by atoms with Gasteiger partial charge in [0.1, 0.15) is 11.5 Å². The Hall–Kier alpha value is -2.47. The van der Waals surface area contributed by atoms with Crippen molar-refractivity contribution in [3.05, 3.63) is 54.1 Å². The largest absolute Gasteiger partial charge is 0.497 e. The average molecular weight is 344 g/mol. The molecule has 0 saturated carbocycles. The number of carbonyl (C=O) groups is 1. The van der Waals surface area contributed by atoms with Gasteiger partial charge in [0.15, 0.2) is 0 Å². The predicted molar refractivity (Wildman–Crippen MR) is 97.1 cm³/mol. The number of hydrogen-bond donors (Lipinski definition) is 1. The van der Waals surface area contributed by atoms with Gasteiger partial charge in [-0.3, -0.25) is 4.79 Å². The highest BCUT2D eigenvalue weighted by Gasteiger charge is 2.04. The molecule has 6 heteroatoms. The van der Waals surface area contributed by atoms with Crippen LogP contribution in [0.4, 0.5) is 0 Å². The molecule has 1 N–H and O–H groups in total. The van der Waals surface area contributed by atoms with Gasteiger partial charge in [-0.05, 0) is 24.3 Å². The van der Waals surface area contributed by atoms with Gasteiger partial charge in [-0.15, -0.1) is 11.8 Å². The minimum absolute atomic E-state index is 0.123. The van der Waals surface area contributed by atoms with Gasteiger partial charge in [-0.25, -0.2) is 5.43 Å².